The highest BCUT2D eigenvalue weighted by Crippen LogP contribution is 2.45. The van der Waals surface area contributed by atoms with Gasteiger partial charge in [0, 0.05) is 60.8 Å². The maximum atomic E-state index is 12.8. The molecule has 1 saturated heterocycles. The van der Waals surface area contributed by atoms with Crippen LogP contribution in [-0.2, 0) is 12.8 Å². The molecule has 1 saturated carbocycles. The summed E-state index contributed by atoms with van der Waals surface area (Å²) in [6.07, 6.45) is 6.00. The second kappa shape index (κ2) is 7.92. The maximum Gasteiger partial charge on any atom is 0.317 e. The lowest BCUT2D eigenvalue weighted by molar-refractivity contribution is 0.0932. The van der Waals surface area contributed by atoms with Gasteiger partial charge in [-0.3, -0.25) is 4.90 Å². The fraction of sp³-hybridized carbons (Fsp3) is 0.640. The van der Waals surface area contributed by atoms with E-state index in [9.17, 15) is 4.79 Å². The Hall–Kier alpha value is -2.01. The van der Waals surface area contributed by atoms with Crippen molar-refractivity contribution in [3.05, 3.63) is 35.0 Å². The van der Waals surface area contributed by atoms with Crippen LogP contribution in [0.25, 0.3) is 10.9 Å². The predicted octanol–water partition coefficient (Wildman–Crippen LogP) is 4.27. The van der Waals surface area contributed by atoms with Crippen LogP contribution in [-0.4, -0.2) is 59.1 Å². The zero-order valence-corrected chi connectivity index (χ0v) is 18.7. The number of aryl methyl sites for hydroxylation is 1. The van der Waals surface area contributed by atoms with Gasteiger partial charge in [0.05, 0.1) is 0 Å². The molecule has 3 atom stereocenters. The highest BCUT2D eigenvalue weighted by atomic mass is 16.2. The van der Waals surface area contributed by atoms with Gasteiger partial charge < -0.3 is 15.2 Å². The van der Waals surface area contributed by atoms with Crippen LogP contribution in [0.15, 0.2) is 18.2 Å². The number of amides is 2. The van der Waals surface area contributed by atoms with Gasteiger partial charge in [-0.15, -0.1) is 0 Å². The van der Waals surface area contributed by atoms with E-state index in [4.69, 9.17) is 0 Å². The Kier molecular flexibility index (Phi) is 5.26. The summed E-state index contributed by atoms with van der Waals surface area (Å²) in [7, 11) is 0. The largest absolute Gasteiger partial charge is 0.358 e. The van der Waals surface area contributed by atoms with E-state index in [2.05, 4.69) is 54.2 Å². The van der Waals surface area contributed by atoms with E-state index in [0.717, 1.165) is 44.8 Å². The lowest BCUT2D eigenvalue weighted by Gasteiger charge is -2.47. The fourth-order valence-corrected chi connectivity index (χ4v) is 5.99. The molecule has 2 fully saturated rings. The van der Waals surface area contributed by atoms with Crippen molar-refractivity contribution in [1.29, 1.82) is 0 Å². The van der Waals surface area contributed by atoms with Crippen LogP contribution in [0.5, 0.6) is 0 Å². The molecule has 1 aliphatic heterocycles. The molecule has 1 aromatic heterocycles. The average molecular weight is 409 g/mol. The fourth-order valence-electron chi connectivity index (χ4n) is 5.99. The van der Waals surface area contributed by atoms with Crippen molar-refractivity contribution in [2.24, 2.45) is 5.92 Å². The van der Waals surface area contributed by atoms with E-state index in [1.807, 2.05) is 4.90 Å². The summed E-state index contributed by atoms with van der Waals surface area (Å²) in [4.78, 5) is 21.1. The Balaban J connectivity index is 1.48. The van der Waals surface area contributed by atoms with Crippen molar-refractivity contribution >= 4 is 16.9 Å². The van der Waals surface area contributed by atoms with Gasteiger partial charge in [-0.2, -0.15) is 0 Å². The van der Waals surface area contributed by atoms with E-state index in [1.54, 1.807) is 5.56 Å². The smallest absolute Gasteiger partial charge is 0.317 e. The number of piperidine rings is 1. The molecule has 2 amide bonds. The van der Waals surface area contributed by atoms with Crippen LogP contribution < -0.4 is 5.32 Å². The highest BCUT2D eigenvalue weighted by molar-refractivity contribution is 5.89. The summed E-state index contributed by atoms with van der Waals surface area (Å²) in [5, 5.41) is 4.86. The molecule has 3 aliphatic rings. The molecule has 0 spiro atoms. The van der Waals surface area contributed by atoms with Crippen LogP contribution in [0, 0.1) is 5.92 Å². The number of aromatic amines is 1. The molecule has 1 aromatic carbocycles. The highest BCUT2D eigenvalue weighted by Gasteiger charge is 2.43. The molecule has 0 unspecified atom stereocenters. The number of carbonyl (C=O) groups excluding carboxylic acids is 1. The third-order valence-corrected chi connectivity index (χ3v) is 7.71. The number of rotatable bonds is 6. The third-order valence-electron chi connectivity index (χ3n) is 7.71. The van der Waals surface area contributed by atoms with Crippen LogP contribution in [0.2, 0.25) is 0 Å². The van der Waals surface area contributed by atoms with Gasteiger partial charge in [0.25, 0.3) is 0 Å². The number of carbonyl (C=O) groups is 1. The number of urea groups is 1. The van der Waals surface area contributed by atoms with E-state index >= 15 is 0 Å². The van der Waals surface area contributed by atoms with Gasteiger partial charge in [0.15, 0.2) is 0 Å². The number of hydrogen-bond acceptors (Lipinski definition) is 2. The van der Waals surface area contributed by atoms with Gasteiger partial charge in [-0.1, -0.05) is 19.1 Å². The summed E-state index contributed by atoms with van der Waals surface area (Å²) in [6, 6.07) is 7.67. The van der Waals surface area contributed by atoms with E-state index in [0.29, 0.717) is 12.0 Å². The molecule has 2 aromatic rings. The monoisotopic (exact) mass is 408 g/mol. The van der Waals surface area contributed by atoms with Crippen LogP contribution in [0.4, 0.5) is 4.79 Å². The van der Waals surface area contributed by atoms with Crippen molar-refractivity contribution in [1.82, 2.24) is 20.1 Å². The molecule has 5 nitrogen and oxygen atoms in total. The summed E-state index contributed by atoms with van der Waals surface area (Å²) in [5.74, 6) is 1.35. The normalized spacial score (nSPS) is 25.9. The van der Waals surface area contributed by atoms with Gasteiger partial charge in [0.2, 0.25) is 0 Å². The van der Waals surface area contributed by atoms with Crippen molar-refractivity contribution < 1.29 is 4.79 Å². The summed E-state index contributed by atoms with van der Waals surface area (Å²) >= 11 is 0. The summed E-state index contributed by atoms with van der Waals surface area (Å²) in [5.41, 5.74) is 5.76. The first-order valence-corrected chi connectivity index (χ1v) is 12.0. The first-order valence-electron chi connectivity index (χ1n) is 12.0. The Morgan fingerprint density at radius 2 is 2.03 bits per heavy atom. The average Bonchev–Trinajstić information content (AvgIpc) is 3.49. The van der Waals surface area contributed by atoms with Crippen LogP contribution in [0.1, 0.15) is 62.8 Å². The number of fused-ring (bicyclic) bond motifs is 2. The first-order chi connectivity index (χ1) is 14.6. The zero-order chi connectivity index (χ0) is 20.8. The standard InChI is InChI=1S/C25H36N4O/c1-4-21-20-13-23-19(18-8-7-9-22(27-21)24(18)20)12-17(15-29(23)14-16-10-11-16)26-25(30)28(5-2)6-3/h7-9,16-17,19,23,27H,4-6,10-15H2,1-3H3,(H,26,30)/t17-,19+,23+/m0/s1. The molecular weight excluding hydrogens is 372 g/mol. The van der Waals surface area contributed by atoms with E-state index in [1.165, 1.54) is 41.5 Å². The molecule has 0 bridgehead atoms. The molecule has 2 N–H and O–H groups in total. The van der Waals surface area contributed by atoms with Gasteiger partial charge >= 0.3 is 6.03 Å². The lowest BCUT2D eigenvalue weighted by Crippen LogP contribution is -2.58. The summed E-state index contributed by atoms with van der Waals surface area (Å²) < 4.78 is 0. The SMILES string of the molecule is CCc1[nH]c2cccc3c2c1C[C@@H]1[C@@H]3C[C@H](NC(=O)N(CC)CC)CN1CC1CC1. The molecule has 5 heteroatoms. The molecule has 2 heterocycles. The van der Waals surface area contributed by atoms with Crippen molar-refractivity contribution in [3.8, 4) is 0 Å². The molecule has 30 heavy (non-hydrogen) atoms. The molecule has 2 aliphatic carbocycles. The quantitative estimate of drug-likeness (QED) is 0.750. The van der Waals surface area contributed by atoms with E-state index < -0.39 is 0 Å². The van der Waals surface area contributed by atoms with Gasteiger partial charge in [-0.25, -0.2) is 4.79 Å². The predicted molar refractivity (Wildman–Crippen MR) is 122 cm³/mol. The van der Waals surface area contributed by atoms with Crippen LogP contribution >= 0.6 is 0 Å². The van der Waals surface area contributed by atoms with Crippen LogP contribution in [0.3, 0.4) is 0 Å². The number of nitrogens with zero attached hydrogens (tertiary/aromatic N) is 2. The minimum Gasteiger partial charge on any atom is -0.358 e. The molecule has 0 radical (unpaired) electrons. The number of benzene rings is 1. The summed E-state index contributed by atoms with van der Waals surface area (Å²) in [6.45, 7) is 10.1. The van der Waals surface area contributed by atoms with Gasteiger partial charge in [0.1, 0.15) is 0 Å². The minimum atomic E-state index is 0.0967. The number of likely N-dealkylation sites (tertiary alicyclic amines) is 1. The number of aromatic nitrogens is 1. The Bertz CT molecular complexity index is 927. The van der Waals surface area contributed by atoms with Crippen molar-refractivity contribution in [2.45, 2.75) is 70.9 Å². The Morgan fingerprint density at radius 3 is 2.73 bits per heavy atom. The minimum absolute atomic E-state index is 0.0967. The third kappa shape index (κ3) is 3.41. The molecule has 162 valence electrons. The molecule has 5 rings (SSSR count). The van der Waals surface area contributed by atoms with E-state index in [-0.39, 0.29) is 12.1 Å². The van der Waals surface area contributed by atoms with Crippen molar-refractivity contribution in [2.75, 3.05) is 26.2 Å². The first kappa shape index (κ1) is 19.9. The molecular formula is C25H36N4O. The Morgan fingerprint density at radius 1 is 1.23 bits per heavy atom. The zero-order valence-electron chi connectivity index (χ0n) is 18.7. The number of nitrogens with one attached hydrogen (secondary N) is 2. The Labute approximate surface area is 180 Å². The van der Waals surface area contributed by atoms with Crippen molar-refractivity contribution in [3.63, 3.8) is 0 Å². The second-order valence-corrected chi connectivity index (χ2v) is 9.54. The van der Waals surface area contributed by atoms with Gasteiger partial charge in [-0.05, 0) is 69.1 Å². The lowest BCUT2D eigenvalue weighted by atomic mass is 9.73. The number of hydrogen-bond donors (Lipinski definition) is 2. The second-order valence-electron chi connectivity index (χ2n) is 9.54. The number of H-pyrrole nitrogens is 1. The maximum absolute atomic E-state index is 12.8. The topological polar surface area (TPSA) is 51.4 Å².